The Labute approximate surface area is 190 Å². The minimum atomic E-state index is -0.103. The fraction of sp³-hybridized carbons (Fsp3) is 0.111. The summed E-state index contributed by atoms with van der Waals surface area (Å²) in [6.07, 6.45) is 3.56. The lowest BCUT2D eigenvalue weighted by atomic mass is 10.0. The van der Waals surface area contributed by atoms with Gasteiger partial charge in [0.25, 0.3) is 0 Å². The second-order valence-corrected chi connectivity index (χ2v) is 8.59. The Morgan fingerprint density at radius 2 is 1.76 bits per heavy atom. The van der Waals surface area contributed by atoms with Crippen molar-refractivity contribution in [2.75, 3.05) is 5.73 Å². The number of fused-ring (bicyclic) bond motifs is 4. The average Bonchev–Trinajstić information content (AvgIpc) is 3.51. The van der Waals surface area contributed by atoms with Gasteiger partial charge in [-0.15, -0.1) is 0 Å². The molecule has 0 unspecified atom stereocenters. The van der Waals surface area contributed by atoms with Crippen LogP contribution in [0.5, 0.6) is 0 Å². The van der Waals surface area contributed by atoms with Crippen LogP contribution >= 0.6 is 0 Å². The van der Waals surface area contributed by atoms with E-state index >= 15 is 0 Å². The number of aryl methyl sites for hydroxylation is 3. The van der Waals surface area contributed by atoms with Crippen LogP contribution in [0.25, 0.3) is 27.6 Å². The zero-order valence-corrected chi connectivity index (χ0v) is 18.2. The molecule has 3 aromatic heterocycles. The number of nitrogens with zero attached hydrogens (tertiary/aromatic N) is 2. The standard InChI is InChI=1S/C27H23N5O/c1-16-11-19-13-24(30-22(19)14-21(16)28)26(33)20-15-29-32-25-10-9-18(12-23(25)31-27(20)32)8-7-17-5-3-2-4-6-17/h2-6,9-15,30-31H,7-8,28H2,1H3. The Morgan fingerprint density at radius 1 is 0.939 bits per heavy atom. The van der Waals surface area contributed by atoms with Gasteiger partial charge in [-0.3, -0.25) is 4.79 Å². The van der Waals surface area contributed by atoms with E-state index in [1.165, 1.54) is 11.1 Å². The van der Waals surface area contributed by atoms with Crippen LogP contribution in [0.1, 0.15) is 32.7 Å². The number of hydrogen-bond donors (Lipinski definition) is 3. The lowest BCUT2D eigenvalue weighted by molar-refractivity contribution is 0.103. The van der Waals surface area contributed by atoms with E-state index in [-0.39, 0.29) is 5.78 Å². The van der Waals surface area contributed by atoms with Crippen LogP contribution in [-0.4, -0.2) is 25.4 Å². The molecule has 4 N–H and O–H groups in total. The molecule has 0 spiro atoms. The van der Waals surface area contributed by atoms with Gasteiger partial charge in [-0.1, -0.05) is 36.4 Å². The maximum Gasteiger partial charge on any atom is 0.214 e. The van der Waals surface area contributed by atoms with Gasteiger partial charge in [0.15, 0.2) is 0 Å². The number of nitrogens with two attached hydrogens (primary N) is 1. The first-order valence-electron chi connectivity index (χ1n) is 11.0. The summed E-state index contributed by atoms with van der Waals surface area (Å²) in [5, 5.41) is 5.46. The predicted molar refractivity (Wildman–Crippen MR) is 132 cm³/mol. The summed E-state index contributed by atoms with van der Waals surface area (Å²) in [6.45, 7) is 1.96. The Kier molecular flexibility index (Phi) is 4.33. The Hall–Kier alpha value is -4.32. The van der Waals surface area contributed by atoms with Crippen molar-refractivity contribution in [3.05, 3.63) is 101 Å². The number of aromatic amines is 2. The van der Waals surface area contributed by atoms with Crippen LogP contribution < -0.4 is 5.73 Å². The monoisotopic (exact) mass is 433 g/mol. The van der Waals surface area contributed by atoms with Crippen LogP contribution in [0.4, 0.5) is 5.69 Å². The van der Waals surface area contributed by atoms with Gasteiger partial charge in [-0.05, 0) is 66.8 Å². The topological polar surface area (TPSA) is 92.0 Å². The van der Waals surface area contributed by atoms with Crippen LogP contribution in [0, 0.1) is 6.92 Å². The van der Waals surface area contributed by atoms with E-state index in [1.54, 1.807) is 10.7 Å². The second kappa shape index (κ2) is 7.38. The number of anilines is 1. The Morgan fingerprint density at radius 3 is 2.61 bits per heavy atom. The van der Waals surface area contributed by atoms with Crippen LogP contribution in [0.3, 0.4) is 0 Å². The van der Waals surface area contributed by atoms with E-state index < -0.39 is 0 Å². The lowest BCUT2D eigenvalue weighted by Gasteiger charge is -2.02. The zero-order valence-electron chi connectivity index (χ0n) is 18.2. The van der Waals surface area contributed by atoms with Crippen molar-refractivity contribution >= 4 is 39.1 Å². The number of hydrogen-bond acceptors (Lipinski definition) is 3. The highest BCUT2D eigenvalue weighted by Crippen LogP contribution is 2.26. The van der Waals surface area contributed by atoms with Crippen molar-refractivity contribution in [3.8, 4) is 0 Å². The number of nitrogens with one attached hydrogen (secondary N) is 2. The van der Waals surface area contributed by atoms with Crippen LogP contribution in [-0.2, 0) is 12.8 Å². The fourth-order valence-corrected chi connectivity index (χ4v) is 4.48. The van der Waals surface area contributed by atoms with Crippen LogP contribution in [0.2, 0.25) is 0 Å². The third-order valence-electron chi connectivity index (χ3n) is 6.35. The molecular weight excluding hydrogens is 410 g/mol. The molecule has 3 aromatic carbocycles. The first kappa shape index (κ1) is 19.4. The molecular formula is C27H23N5O. The summed E-state index contributed by atoms with van der Waals surface area (Å²) >= 11 is 0. The maximum absolute atomic E-state index is 13.3. The normalized spacial score (nSPS) is 11.7. The number of H-pyrrole nitrogens is 2. The molecule has 6 rings (SSSR count). The highest BCUT2D eigenvalue weighted by Gasteiger charge is 2.20. The number of carbonyl (C=O) groups excluding carboxylic acids is 1. The smallest absolute Gasteiger partial charge is 0.214 e. The summed E-state index contributed by atoms with van der Waals surface area (Å²) in [4.78, 5) is 20.0. The number of imidazole rings is 1. The number of benzene rings is 3. The molecule has 6 nitrogen and oxygen atoms in total. The molecule has 6 aromatic rings. The van der Waals surface area contributed by atoms with Crippen LogP contribution in [0.15, 0.2) is 72.9 Å². The van der Waals surface area contributed by atoms with Gasteiger partial charge >= 0.3 is 0 Å². The molecule has 3 heterocycles. The van der Waals surface area contributed by atoms with Gasteiger partial charge in [0.1, 0.15) is 5.65 Å². The fourth-order valence-electron chi connectivity index (χ4n) is 4.48. The van der Waals surface area contributed by atoms with Gasteiger partial charge in [-0.2, -0.15) is 5.10 Å². The third-order valence-corrected chi connectivity index (χ3v) is 6.35. The SMILES string of the molecule is Cc1cc2cc(C(=O)c3cnn4c3[nH]c3cc(CCc5ccccc5)ccc34)[nH]c2cc1N. The Bertz CT molecular complexity index is 1610. The highest BCUT2D eigenvalue weighted by atomic mass is 16.1. The van der Waals surface area contributed by atoms with Crippen molar-refractivity contribution in [3.63, 3.8) is 0 Å². The maximum atomic E-state index is 13.3. The first-order valence-corrected chi connectivity index (χ1v) is 11.0. The summed E-state index contributed by atoms with van der Waals surface area (Å²) < 4.78 is 1.80. The number of carbonyl (C=O) groups is 1. The van der Waals surface area contributed by atoms with E-state index in [2.05, 4.69) is 57.5 Å². The largest absolute Gasteiger partial charge is 0.398 e. The summed E-state index contributed by atoms with van der Waals surface area (Å²) in [5.41, 5.74) is 14.8. The van der Waals surface area contributed by atoms with E-state index in [0.29, 0.717) is 22.6 Å². The number of aromatic nitrogens is 4. The first-order chi connectivity index (χ1) is 16.1. The van der Waals surface area contributed by atoms with Gasteiger partial charge in [0.2, 0.25) is 5.78 Å². The van der Waals surface area contributed by atoms with Gasteiger partial charge in [0, 0.05) is 16.6 Å². The zero-order chi connectivity index (χ0) is 22.5. The van der Waals surface area contributed by atoms with Crippen molar-refractivity contribution in [1.29, 1.82) is 0 Å². The third kappa shape index (κ3) is 3.27. The molecule has 0 atom stereocenters. The van der Waals surface area contributed by atoms with Crippen molar-refractivity contribution in [2.24, 2.45) is 0 Å². The molecule has 33 heavy (non-hydrogen) atoms. The molecule has 0 radical (unpaired) electrons. The molecule has 0 saturated heterocycles. The van der Waals surface area contributed by atoms with Gasteiger partial charge < -0.3 is 15.7 Å². The molecule has 0 aliphatic carbocycles. The van der Waals surface area contributed by atoms with Gasteiger partial charge in [0.05, 0.1) is 28.5 Å². The predicted octanol–water partition coefficient (Wildman–Crippen LogP) is 5.20. The molecule has 0 bridgehead atoms. The Balaban J connectivity index is 1.34. The number of ketones is 1. The van der Waals surface area contributed by atoms with E-state index in [4.69, 9.17) is 5.73 Å². The second-order valence-electron chi connectivity index (χ2n) is 8.59. The molecule has 0 saturated carbocycles. The lowest BCUT2D eigenvalue weighted by Crippen LogP contribution is -2.01. The average molecular weight is 434 g/mol. The molecule has 0 aliphatic heterocycles. The van der Waals surface area contributed by atoms with E-state index in [0.717, 1.165) is 40.3 Å². The van der Waals surface area contributed by atoms with Crippen molar-refractivity contribution < 1.29 is 4.79 Å². The highest BCUT2D eigenvalue weighted by molar-refractivity contribution is 6.14. The molecule has 162 valence electrons. The summed E-state index contributed by atoms with van der Waals surface area (Å²) in [7, 11) is 0. The summed E-state index contributed by atoms with van der Waals surface area (Å²) in [5.74, 6) is -0.103. The van der Waals surface area contributed by atoms with E-state index in [9.17, 15) is 4.79 Å². The van der Waals surface area contributed by atoms with E-state index in [1.807, 2.05) is 31.2 Å². The molecule has 0 fully saturated rings. The number of rotatable bonds is 5. The van der Waals surface area contributed by atoms with Crippen molar-refractivity contribution in [1.82, 2.24) is 19.6 Å². The molecule has 0 amide bonds. The van der Waals surface area contributed by atoms with Gasteiger partial charge in [-0.25, -0.2) is 4.52 Å². The number of nitrogen functional groups attached to an aromatic ring is 1. The molecule has 0 aliphatic rings. The molecule has 6 heteroatoms. The quantitative estimate of drug-likeness (QED) is 0.258. The summed E-state index contributed by atoms with van der Waals surface area (Å²) in [6, 6.07) is 22.6. The van der Waals surface area contributed by atoms with Crippen molar-refractivity contribution in [2.45, 2.75) is 19.8 Å². The minimum Gasteiger partial charge on any atom is -0.398 e. The minimum absolute atomic E-state index is 0.103.